The van der Waals surface area contributed by atoms with Crippen molar-refractivity contribution < 1.29 is 15.0 Å². The Kier molecular flexibility index (Phi) is 5.26. The number of aliphatic hydroxyl groups excluding tert-OH is 2. The number of nitrogens with zero attached hydrogens (tertiary/aromatic N) is 1. The van der Waals surface area contributed by atoms with Crippen molar-refractivity contribution in [1.29, 1.82) is 0 Å². The number of H-pyrrole nitrogens is 1. The van der Waals surface area contributed by atoms with E-state index in [1.165, 1.54) is 12.3 Å². The number of hydrogen-bond acceptors (Lipinski definition) is 4. The van der Waals surface area contributed by atoms with Crippen LogP contribution in [0.2, 0.25) is 5.02 Å². The Labute approximate surface area is 133 Å². The molecule has 0 unspecified atom stereocenters. The predicted octanol–water partition coefficient (Wildman–Crippen LogP) is 1.01. The molecule has 6 nitrogen and oxygen atoms in total. The van der Waals surface area contributed by atoms with E-state index < -0.39 is 17.1 Å². The number of carbonyl (C=O) groups excluding carboxylic acids is 1. The summed E-state index contributed by atoms with van der Waals surface area (Å²) < 4.78 is 0. The van der Waals surface area contributed by atoms with Crippen molar-refractivity contribution in [3.8, 4) is 0 Å². The average Bonchev–Trinajstić information content (AvgIpc) is 2.51. The Bertz CT molecular complexity index is 603. The van der Waals surface area contributed by atoms with Gasteiger partial charge in [0.25, 0.3) is 11.5 Å². The molecular weight excluding hydrogens is 308 g/mol. The molecule has 1 saturated heterocycles. The highest BCUT2D eigenvalue weighted by molar-refractivity contribution is 6.30. The maximum Gasteiger partial charge on any atom is 0.266 e. The van der Waals surface area contributed by atoms with E-state index >= 15 is 0 Å². The number of aromatic amines is 1. The number of pyridine rings is 1. The summed E-state index contributed by atoms with van der Waals surface area (Å²) in [5, 5.41) is 19.9. The molecule has 0 aliphatic carbocycles. The van der Waals surface area contributed by atoms with Gasteiger partial charge in [0, 0.05) is 24.7 Å². The lowest BCUT2D eigenvalue weighted by Crippen LogP contribution is -2.55. The van der Waals surface area contributed by atoms with E-state index in [4.69, 9.17) is 11.6 Å². The van der Waals surface area contributed by atoms with E-state index in [0.717, 1.165) is 6.42 Å². The zero-order chi connectivity index (χ0) is 16.3. The Morgan fingerprint density at radius 2 is 2.32 bits per heavy atom. The molecular formula is C15H21ClN2O4. The zero-order valence-corrected chi connectivity index (χ0v) is 13.3. The topological polar surface area (TPSA) is 93.6 Å². The molecule has 1 aromatic heterocycles. The van der Waals surface area contributed by atoms with Gasteiger partial charge in [0.15, 0.2) is 0 Å². The summed E-state index contributed by atoms with van der Waals surface area (Å²) in [6.07, 6.45) is 2.58. The first kappa shape index (κ1) is 17.0. The molecule has 0 spiro atoms. The van der Waals surface area contributed by atoms with Crippen LogP contribution in [0.5, 0.6) is 0 Å². The fraction of sp³-hybridized carbons (Fsp3) is 0.600. The number of nitrogens with one attached hydrogen (secondary N) is 1. The number of aliphatic hydroxyl groups is 2. The third-order valence-electron chi connectivity index (χ3n) is 4.34. The summed E-state index contributed by atoms with van der Waals surface area (Å²) >= 11 is 5.76. The minimum atomic E-state index is -0.686. The number of carbonyl (C=O) groups is 1. The van der Waals surface area contributed by atoms with Crippen molar-refractivity contribution in [3.63, 3.8) is 0 Å². The van der Waals surface area contributed by atoms with Crippen LogP contribution in [0.3, 0.4) is 0 Å². The molecule has 0 aromatic carbocycles. The van der Waals surface area contributed by atoms with Crippen LogP contribution in [0.1, 0.15) is 36.5 Å². The van der Waals surface area contributed by atoms with Crippen molar-refractivity contribution in [2.75, 3.05) is 19.7 Å². The SMILES string of the molecule is CCC[C@]1(CO)CN(C(=O)c2c[nH]c(=O)c(Cl)c2)CC[C@H]1O. The number of halogens is 1. The third-order valence-corrected chi connectivity index (χ3v) is 4.62. The highest BCUT2D eigenvalue weighted by Crippen LogP contribution is 2.35. The molecule has 1 aromatic rings. The van der Waals surface area contributed by atoms with Crippen molar-refractivity contribution in [3.05, 3.63) is 33.2 Å². The Morgan fingerprint density at radius 1 is 1.59 bits per heavy atom. The van der Waals surface area contributed by atoms with Crippen LogP contribution < -0.4 is 5.56 Å². The largest absolute Gasteiger partial charge is 0.396 e. The summed E-state index contributed by atoms with van der Waals surface area (Å²) in [7, 11) is 0. The van der Waals surface area contributed by atoms with E-state index in [1.807, 2.05) is 6.92 Å². The fourth-order valence-electron chi connectivity index (χ4n) is 3.06. The maximum absolute atomic E-state index is 12.6. The summed E-state index contributed by atoms with van der Waals surface area (Å²) in [5.74, 6) is -0.265. The first-order valence-electron chi connectivity index (χ1n) is 7.40. The van der Waals surface area contributed by atoms with Gasteiger partial charge in [-0.2, -0.15) is 0 Å². The first-order chi connectivity index (χ1) is 10.4. The van der Waals surface area contributed by atoms with Crippen LogP contribution in [0.15, 0.2) is 17.1 Å². The summed E-state index contributed by atoms with van der Waals surface area (Å²) in [6.45, 7) is 2.50. The third kappa shape index (κ3) is 3.19. The van der Waals surface area contributed by atoms with Gasteiger partial charge in [-0.05, 0) is 18.9 Å². The molecule has 1 aliphatic heterocycles. The van der Waals surface area contributed by atoms with Gasteiger partial charge in [-0.15, -0.1) is 0 Å². The molecule has 1 amide bonds. The van der Waals surface area contributed by atoms with Crippen LogP contribution in [0, 0.1) is 5.41 Å². The second-order valence-electron chi connectivity index (χ2n) is 5.87. The molecule has 2 rings (SSSR count). The molecule has 1 aliphatic rings. The van der Waals surface area contributed by atoms with Gasteiger partial charge < -0.3 is 20.1 Å². The highest BCUT2D eigenvalue weighted by atomic mass is 35.5. The van der Waals surface area contributed by atoms with E-state index in [0.29, 0.717) is 24.9 Å². The Balaban J connectivity index is 2.23. The number of likely N-dealkylation sites (tertiary alicyclic amines) is 1. The summed E-state index contributed by atoms with van der Waals surface area (Å²) in [5.41, 5.74) is -0.832. The van der Waals surface area contributed by atoms with Crippen LogP contribution in [-0.4, -0.2) is 51.8 Å². The Morgan fingerprint density at radius 3 is 2.91 bits per heavy atom. The molecule has 0 bridgehead atoms. The molecule has 0 saturated carbocycles. The summed E-state index contributed by atoms with van der Waals surface area (Å²) in [4.78, 5) is 27.9. The molecule has 2 atom stereocenters. The number of aromatic nitrogens is 1. The van der Waals surface area contributed by atoms with Crippen molar-refractivity contribution >= 4 is 17.5 Å². The van der Waals surface area contributed by atoms with Gasteiger partial charge in [0.05, 0.1) is 18.3 Å². The molecule has 22 heavy (non-hydrogen) atoms. The standard InChI is InChI=1S/C15H21ClN2O4/c1-2-4-15(9-19)8-18(5-3-12(15)20)14(22)10-6-11(16)13(21)17-7-10/h6-7,12,19-20H,2-5,8-9H2,1H3,(H,17,21)/t12-,15-/m1/s1. The van der Waals surface area contributed by atoms with Crippen molar-refractivity contribution in [2.24, 2.45) is 5.41 Å². The number of hydrogen-bond donors (Lipinski definition) is 3. The van der Waals surface area contributed by atoms with Gasteiger partial charge in [-0.1, -0.05) is 24.9 Å². The second kappa shape index (κ2) is 6.81. The van der Waals surface area contributed by atoms with Gasteiger partial charge >= 0.3 is 0 Å². The zero-order valence-electron chi connectivity index (χ0n) is 12.5. The summed E-state index contributed by atoms with van der Waals surface area (Å²) in [6, 6.07) is 1.34. The van der Waals surface area contributed by atoms with Gasteiger partial charge in [-0.25, -0.2) is 0 Å². The maximum atomic E-state index is 12.6. The molecule has 3 N–H and O–H groups in total. The van der Waals surface area contributed by atoms with Crippen molar-refractivity contribution in [2.45, 2.75) is 32.3 Å². The minimum absolute atomic E-state index is 0.0372. The van der Waals surface area contributed by atoms with Gasteiger partial charge in [0.2, 0.25) is 0 Å². The second-order valence-corrected chi connectivity index (χ2v) is 6.27. The van der Waals surface area contributed by atoms with E-state index in [-0.39, 0.29) is 24.1 Å². The first-order valence-corrected chi connectivity index (χ1v) is 7.78. The number of piperidine rings is 1. The van der Waals surface area contributed by atoms with Crippen LogP contribution >= 0.6 is 11.6 Å². The van der Waals surface area contributed by atoms with E-state index in [1.54, 1.807) is 4.90 Å². The van der Waals surface area contributed by atoms with Crippen LogP contribution in [0.25, 0.3) is 0 Å². The lowest BCUT2D eigenvalue weighted by Gasteiger charge is -2.45. The molecule has 2 heterocycles. The van der Waals surface area contributed by atoms with Crippen LogP contribution in [0.4, 0.5) is 0 Å². The van der Waals surface area contributed by atoms with E-state index in [9.17, 15) is 19.8 Å². The quantitative estimate of drug-likeness (QED) is 0.769. The van der Waals surface area contributed by atoms with Crippen LogP contribution in [-0.2, 0) is 0 Å². The molecule has 122 valence electrons. The van der Waals surface area contributed by atoms with Crippen molar-refractivity contribution in [1.82, 2.24) is 9.88 Å². The normalized spacial score (nSPS) is 25.3. The minimum Gasteiger partial charge on any atom is -0.396 e. The Hall–Kier alpha value is -1.37. The van der Waals surface area contributed by atoms with Gasteiger partial charge in [0.1, 0.15) is 5.02 Å². The van der Waals surface area contributed by atoms with Gasteiger partial charge in [-0.3, -0.25) is 9.59 Å². The number of amides is 1. The van der Waals surface area contributed by atoms with E-state index in [2.05, 4.69) is 4.98 Å². The lowest BCUT2D eigenvalue weighted by molar-refractivity contribution is -0.0720. The lowest BCUT2D eigenvalue weighted by atomic mass is 9.74. The average molecular weight is 329 g/mol. The monoisotopic (exact) mass is 328 g/mol. The molecule has 1 fully saturated rings. The smallest absolute Gasteiger partial charge is 0.266 e. The number of rotatable bonds is 4. The predicted molar refractivity (Wildman–Crippen MR) is 83.0 cm³/mol. The highest BCUT2D eigenvalue weighted by Gasteiger charge is 2.43. The molecule has 0 radical (unpaired) electrons. The fourth-order valence-corrected chi connectivity index (χ4v) is 3.23. The molecule has 7 heteroatoms.